The van der Waals surface area contributed by atoms with E-state index < -0.39 is 27.5 Å². The van der Waals surface area contributed by atoms with Crippen molar-refractivity contribution >= 4 is 15.9 Å². The minimum absolute atomic E-state index is 0.694. The predicted molar refractivity (Wildman–Crippen MR) is 46.5 cm³/mol. The first kappa shape index (κ1) is 11.2. The molecule has 0 radical (unpaired) electrons. The van der Waals surface area contributed by atoms with Gasteiger partial charge in [-0.25, -0.2) is 0 Å². The lowest BCUT2D eigenvalue weighted by Crippen LogP contribution is -2.33. The maximum absolute atomic E-state index is 12.2. The Hall–Kier alpha value is -0.850. The van der Waals surface area contributed by atoms with Crippen molar-refractivity contribution in [1.29, 1.82) is 0 Å². The van der Waals surface area contributed by atoms with Crippen molar-refractivity contribution in [3.8, 4) is 0 Å². The number of rotatable bonds is 1. The van der Waals surface area contributed by atoms with Crippen LogP contribution in [-0.4, -0.2) is 15.5 Å². The van der Waals surface area contributed by atoms with Crippen molar-refractivity contribution in [3.63, 3.8) is 0 Å². The smallest absolute Gasteiger partial charge is 0.263 e. The van der Waals surface area contributed by atoms with Crippen molar-refractivity contribution in [1.82, 2.24) is 0 Å². The molecule has 0 spiro atoms. The summed E-state index contributed by atoms with van der Waals surface area (Å²) in [4.78, 5) is 9.67. The highest BCUT2D eigenvalue weighted by Gasteiger charge is 2.46. The molecular formula is C7H5BrF3NO2. The molecule has 0 aromatic carbocycles. The molecule has 1 aliphatic carbocycles. The molecule has 1 atom stereocenters. The van der Waals surface area contributed by atoms with E-state index in [0.29, 0.717) is 0 Å². The van der Waals surface area contributed by atoms with Crippen molar-refractivity contribution in [2.75, 3.05) is 0 Å². The summed E-state index contributed by atoms with van der Waals surface area (Å²) in [6, 6.07) is 0. The normalized spacial score (nSPS) is 27.3. The Labute approximate surface area is 85.6 Å². The molecule has 14 heavy (non-hydrogen) atoms. The third kappa shape index (κ3) is 2.14. The summed E-state index contributed by atoms with van der Waals surface area (Å²) in [5.74, 6) is 0. The molecule has 1 rings (SSSR count). The van der Waals surface area contributed by atoms with Crippen LogP contribution in [0.25, 0.3) is 0 Å². The standard InChI is InChI=1S/C7H5BrF3NO2/c8-6(12(13)14)3-1-2-5(4-6)7(9,10)11/h1-3H,4H2. The second kappa shape index (κ2) is 3.38. The number of hydrogen-bond donors (Lipinski definition) is 0. The first-order valence-electron chi connectivity index (χ1n) is 3.55. The molecule has 78 valence electrons. The number of hydrogen-bond acceptors (Lipinski definition) is 2. The van der Waals surface area contributed by atoms with E-state index in [1.807, 2.05) is 0 Å². The highest BCUT2D eigenvalue weighted by Crippen LogP contribution is 2.39. The molecule has 0 aromatic rings. The molecule has 0 bridgehead atoms. The lowest BCUT2D eigenvalue weighted by Gasteiger charge is -2.21. The topological polar surface area (TPSA) is 43.1 Å². The van der Waals surface area contributed by atoms with Crippen molar-refractivity contribution in [3.05, 3.63) is 33.9 Å². The van der Waals surface area contributed by atoms with Gasteiger partial charge in [-0.1, -0.05) is 12.2 Å². The fourth-order valence-electron chi connectivity index (χ4n) is 1.02. The fourth-order valence-corrected chi connectivity index (χ4v) is 1.47. The average Bonchev–Trinajstić information content (AvgIpc) is 2.02. The third-order valence-corrected chi connectivity index (χ3v) is 2.59. The number of nitro groups is 1. The molecule has 1 unspecified atom stereocenters. The molecule has 0 aromatic heterocycles. The zero-order chi connectivity index (χ0) is 11.0. The number of halogens is 4. The average molecular weight is 272 g/mol. The molecule has 0 aliphatic heterocycles. The van der Waals surface area contributed by atoms with Crippen molar-refractivity contribution < 1.29 is 18.1 Å². The van der Waals surface area contributed by atoms with E-state index in [4.69, 9.17) is 0 Å². The molecule has 0 fully saturated rings. The first-order chi connectivity index (χ1) is 6.26. The summed E-state index contributed by atoms with van der Waals surface area (Å²) in [5, 5.41) is 10.5. The molecule has 0 heterocycles. The lowest BCUT2D eigenvalue weighted by molar-refractivity contribution is -0.521. The van der Waals surface area contributed by atoms with Crippen LogP contribution in [0.4, 0.5) is 13.2 Å². The largest absolute Gasteiger partial charge is 0.413 e. The summed E-state index contributed by atoms with van der Waals surface area (Å²) >= 11 is 2.67. The Morgan fingerprint density at radius 1 is 1.57 bits per heavy atom. The highest BCUT2D eigenvalue weighted by atomic mass is 79.9. The molecule has 3 nitrogen and oxygen atoms in total. The maximum Gasteiger partial charge on any atom is 0.413 e. The van der Waals surface area contributed by atoms with Crippen LogP contribution >= 0.6 is 15.9 Å². The van der Waals surface area contributed by atoms with Gasteiger partial charge < -0.3 is 0 Å². The highest BCUT2D eigenvalue weighted by molar-refractivity contribution is 9.10. The van der Waals surface area contributed by atoms with Gasteiger partial charge in [-0.3, -0.25) is 10.1 Å². The van der Waals surface area contributed by atoms with Crippen LogP contribution in [0.15, 0.2) is 23.8 Å². The molecule has 0 N–H and O–H groups in total. The fraction of sp³-hybridized carbons (Fsp3) is 0.429. The van der Waals surface area contributed by atoms with Gasteiger partial charge in [-0.2, -0.15) is 13.2 Å². The van der Waals surface area contributed by atoms with Gasteiger partial charge in [0.15, 0.2) is 0 Å². The SMILES string of the molecule is O=[N+]([O-])C1(Br)C=CC=C(C(F)(F)F)C1. The summed E-state index contributed by atoms with van der Waals surface area (Å²) in [6.45, 7) is 0. The van der Waals surface area contributed by atoms with Crippen LogP contribution in [0.3, 0.4) is 0 Å². The van der Waals surface area contributed by atoms with Crippen LogP contribution in [0.1, 0.15) is 6.42 Å². The van der Waals surface area contributed by atoms with Gasteiger partial charge >= 0.3 is 6.18 Å². The van der Waals surface area contributed by atoms with E-state index in [9.17, 15) is 23.3 Å². The van der Waals surface area contributed by atoms with Gasteiger partial charge in [0.2, 0.25) is 0 Å². The second-order valence-electron chi connectivity index (χ2n) is 2.80. The van der Waals surface area contributed by atoms with Gasteiger partial charge in [-0.15, -0.1) is 0 Å². The van der Waals surface area contributed by atoms with Gasteiger partial charge in [-0.05, 0) is 0 Å². The van der Waals surface area contributed by atoms with Gasteiger partial charge in [0.05, 0.1) is 6.42 Å². The third-order valence-electron chi connectivity index (χ3n) is 1.76. The van der Waals surface area contributed by atoms with Crippen molar-refractivity contribution in [2.45, 2.75) is 17.0 Å². The lowest BCUT2D eigenvalue weighted by atomic mass is 10.0. The van der Waals surface area contributed by atoms with Gasteiger partial charge in [0.1, 0.15) is 0 Å². The van der Waals surface area contributed by atoms with Crippen LogP contribution in [-0.2, 0) is 0 Å². The van der Waals surface area contributed by atoms with E-state index in [2.05, 4.69) is 15.9 Å². The first-order valence-corrected chi connectivity index (χ1v) is 4.34. The summed E-state index contributed by atoms with van der Waals surface area (Å²) in [7, 11) is 0. The Balaban J connectivity index is 2.95. The molecular weight excluding hydrogens is 267 g/mol. The molecule has 0 saturated heterocycles. The summed E-state index contributed by atoms with van der Waals surface area (Å²) < 4.78 is 34.8. The Morgan fingerprint density at radius 3 is 2.57 bits per heavy atom. The maximum atomic E-state index is 12.2. The van der Waals surface area contributed by atoms with E-state index >= 15 is 0 Å². The predicted octanol–water partition coefficient (Wildman–Crippen LogP) is 2.80. The second-order valence-corrected chi connectivity index (χ2v) is 4.17. The van der Waals surface area contributed by atoms with E-state index in [-0.39, 0.29) is 0 Å². The minimum Gasteiger partial charge on any atom is -0.263 e. The van der Waals surface area contributed by atoms with Gasteiger partial charge in [0, 0.05) is 32.5 Å². The zero-order valence-corrected chi connectivity index (χ0v) is 8.30. The van der Waals surface area contributed by atoms with Crippen LogP contribution < -0.4 is 0 Å². The van der Waals surface area contributed by atoms with E-state index in [0.717, 1.165) is 18.2 Å². The Kier molecular flexibility index (Phi) is 2.71. The van der Waals surface area contributed by atoms with Gasteiger partial charge in [0.25, 0.3) is 4.45 Å². The molecule has 0 amide bonds. The monoisotopic (exact) mass is 271 g/mol. The van der Waals surface area contributed by atoms with Crippen LogP contribution in [0.2, 0.25) is 0 Å². The number of nitrogens with zero attached hydrogens (tertiary/aromatic N) is 1. The molecule has 1 aliphatic rings. The Morgan fingerprint density at radius 2 is 2.14 bits per heavy atom. The van der Waals surface area contributed by atoms with Crippen LogP contribution in [0, 0.1) is 10.1 Å². The summed E-state index contributed by atoms with van der Waals surface area (Å²) in [5.41, 5.74) is -0.909. The zero-order valence-electron chi connectivity index (χ0n) is 6.71. The molecule has 7 heteroatoms. The van der Waals surface area contributed by atoms with E-state index in [1.165, 1.54) is 0 Å². The number of allylic oxidation sites excluding steroid dienone is 2. The van der Waals surface area contributed by atoms with Crippen LogP contribution in [0.5, 0.6) is 0 Å². The quantitative estimate of drug-likeness (QED) is 0.319. The molecule has 0 saturated carbocycles. The summed E-state index contributed by atoms with van der Waals surface area (Å²) in [6.07, 6.45) is -2.26. The minimum atomic E-state index is -4.51. The van der Waals surface area contributed by atoms with Crippen molar-refractivity contribution in [2.24, 2.45) is 0 Å². The van der Waals surface area contributed by atoms with E-state index in [1.54, 1.807) is 0 Å². The number of alkyl halides is 4. The Bertz CT molecular complexity index is 323.